The Morgan fingerprint density at radius 1 is 1.25 bits per heavy atom. The van der Waals surface area contributed by atoms with Crippen LogP contribution in [0.5, 0.6) is 5.88 Å². The van der Waals surface area contributed by atoms with Crippen molar-refractivity contribution in [1.29, 1.82) is 0 Å². The quantitative estimate of drug-likeness (QED) is 0.749. The molecular weight excluding hydrogens is 394 g/mol. The largest absolute Gasteiger partial charge is 0.481 e. The Labute approximate surface area is 149 Å². The van der Waals surface area contributed by atoms with Gasteiger partial charge in [-0.05, 0) is 24.3 Å². The van der Waals surface area contributed by atoms with Crippen molar-refractivity contribution >= 4 is 25.8 Å². The first-order valence-corrected chi connectivity index (χ1v) is 10.0. The van der Waals surface area contributed by atoms with E-state index in [1.165, 1.54) is 6.33 Å². The van der Waals surface area contributed by atoms with E-state index in [0.717, 1.165) is 28.7 Å². The molecular formula is C16H18BrN3O3S. The molecule has 128 valence electrons. The average Bonchev–Trinajstić information content (AvgIpc) is 2.59. The summed E-state index contributed by atoms with van der Waals surface area (Å²) in [5, 5.41) is 0. The van der Waals surface area contributed by atoms with Gasteiger partial charge in [-0.2, -0.15) is 0 Å². The molecule has 0 amide bonds. The highest BCUT2D eigenvalue weighted by molar-refractivity contribution is 9.10. The molecule has 2 aromatic rings. The minimum absolute atomic E-state index is 0.0833. The summed E-state index contributed by atoms with van der Waals surface area (Å²) in [5.74, 6) is 0.653. The highest BCUT2D eigenvalue weighted by atomic mass is 79.9. The summed E-state index contributed by atoms with van der Waals surface area (Å²) in [7, 11) is -1.71. The Kier molecular flexibility index (Phi) is 5.17. The van der Waals surface area contributed by atoms with E-state index in [1.807, 2.05) is 0 Å². The van der Waals surface area contributed by atoms with E-state index in [2.05, 4.69) is 30.8 Å². The number of fused-ring (bicyclic) bond motifs is 1. The third-order valence-corrected chi connectivity index (χ3v) is 6.32. The second kappa shape index (κ2) is 7.16. The second-order valence-corrected chi connectivity index (χ2v) is 8.63. The molecule has 2 heterocycles. The summed E-state index contributed by atoms with van der Waals surface area (Å²) < 4.78 is 31.1. The van der Waals surface area contributed by atoms with Crippen molar-refractivity contribution in [3.63, 3.8) is 0 Å². The molecule has 0 atom stereocenters. The van der Waals surface area contributed by atoms with E-state index < -0.39 is 9.84 Å². The van der Waals surface area contributed by atoms with Crippen LogP contribution in [0.15, 0.2) is 40.0 Å². The van der Waals surface area contributed by atoms with Gasteiger partial charge in [0.25, 0.3) is 0 Å². The first kappa shape index (κ1) is 17.3. The number of methoxy groups -OCH3 is 1. The summed E-state index contributed by atoms with van der Waals surface area (Å²) in [5.41, 5.74) is 1.93. The van der Waals surface area contributed by atoms with Gasteiger partial charge in [0, 0.05) is 36.1 Å². The molecule has 0 spiro atoms. The molecule has 8 heteroatoms. The zero-order chi connectivity index (χ0) is 17.2. The summed E-state index contributed by atoms with van der Waals surface area (Å²) in [4.78, 5) is 10.9. The number of halogens is 1. The van der Waals surface area contributed by atoms with Crippen molar-refractivity contribution in [2.24, 2.45) is 0 Å². The number of rotatable bonds is 5. The molecule has 0 bridgehead atoms. The number of aromatic nitrogens is 2. The van der Waals surface area contributed by atoms with Crippen molar-refractivity contribution in [2.45, 2.75) is 17.9 Å². The third kappa shape index (κ3) is 3.76. The van der Waals surface area contributed by atoms with Crippen LogP contribution in [0.2, 0.25) is 0 Å². The lowest BCUT2D eigenvalue weighted by atomic mass is 10.1. The summed E-state index contributed by atoms with van der Waals surface area (Å²) in [6.45, 7) is 1.86. The molecule has 1 aromatic heterocycles. The fourth-order valence-corrected chi connectivity index (χ4v) is 4.30. The van der Waals surface area contributed by atoms with Gasteiger partial charge < -0.3 is 4.74 Å². The van der Waals surface area contributed by atoms with Gasteiger partial charge in [-0.3, -0.25) is 4.90 Å². The van der Waals surface area contributed by atoms with Gasteiger partial charge in [-0.25, -0.2) is 18.4 Å². The normalized spacial score (nSPS) is 15.1. The van der Waals surface area contributed by atoms with Crippen molar-refractivity contribution < 1.29 is 13.2 Å². The van der Waals surface area contributed by atoms with Crippen LogP contribution in [0, 0.1) is 0 Å². The van der Waals surface area contributed by atoms with Gasteiger partial charge in [0.1, 0.15) is 6.33 Å². The maximum absolute atomic E-state index is 12.5. The van der Waals surface area contributed by atoms with Gasteiger partial charge >= 0.3 is 0 Å². The molecule has 0 aliphatic carbocycles. The van der Waals surface area contributed by atoms with Gasteiger partial charge in [-0.15, -0.1) is 0 Å². The third-order valence-electron chi connectivity index (χ3n) is 4.08. The highest BCUT2D eigenvalue weighted by Gasteiger charge is 2.23. The number of ether oxygens (including phenoxy) is 1. The molecule has 0 radical (unpaired) electrons. The molecule has 0 fully saturated rings. The number of sulfone groups is 1. The Morgan fingerprint density at radius 3 is 2.71 bits per heavy atom. The molecule has 1 aliphatic rings. The first-order chi connectivity index (χ1) is 11.5. The Morgan fingerprint density at radius 2 is 2.00 bits per heavy atom. The SMILES string of the molecule is COc1ncnc2c1CN(CCS(=O)(=O)c1ccc(Br)cc1)CC2. The molecule has 24 heavy (non-hydrogen) atoms. The summed E-state index contributed by atoms with van der Waals surface area (Å²) in [6, 6.07) is 6.74. The van der Waals surface area contributed by atoms with Crippen LogP contribution in [0.4, 0.5) is 0 Å². The van der Waals surface area contributed by atoms with E-state index in [1.54, 1.807) is 31.4 Å². The van der Waals surface area contributed by atoms with Gasteiger partial charge in [0.05, 0.1) is 23.5 Å². The zero-order valence-corrected chi connectivity index (χ0v) is 15.7. The van der Waals surface area contributed by atoms with Crippen molar-refractivity contribution in [2.75, 3.05) is 26.0 Å². The van der Waals surface area contributed by atoms with Crippen LogP contribution in [0.25, 0.3) is 0 Å². The van der Waals surface area contributed by atoms with Crippen LogP contribution in [-0.4, -0.2) is 49.2 Å². The molecule has 0 N–H and O–H groups in total. The first-order valence-electron chi connectivity index (χ1n) is 7.57. The smallest absolute Gasteiger partial charge is 0.220 e. The highest BCUT2D eigenvalue weighted by Crippen LogP contribution is 2.24. The zero-order valence-electron chi connectivity index (χ0n) is 13.3. The number of benzene rings is 1. The van der Waals surface area contributed by atoms with Crippen molar-refractivity contribution in [3.8, 4) is 5.88 Å². The van der Waals surface area contributed by atoms with Crippen LogP contribution >= 0.6 is 15.9 Å². The predicted octanol–water partition coefficient (Wildman–Crippen LogP) is 2.08. The van der Waals surface area contributed by atoms with Gasteiger partial charge in [0.15, 0.2) is 9.84 Å². The maximum Gasteiger partial charge on any atom is 0.220 e. The number of hydrogen-bond acceptors (Lipinski definition) is 6. The molecule has 0 saturated heterocycles. The molecule has 0 unspecified atom stereocenters. The van der Waals surface area contributed by atoms with Gasteiger partial charge in [0.2, 0.25) is 5.88 Å². The number of nitrogens with zero attached hydrogens (tertiary/aromatic N) is 3. The van der Waals surface area contributed by atoms with E-state index in [-0.39, 0.29) is 5.75 Å². The monoisotopic (exact) mass is 411 g/mol. The fourth-order valence-electron chi connectivity index (χ4n) is 2.75. The van der Waals surface area contributed by atoms with Crippen molar-refractivity contribution in [3.05, 3.63) is 46.3 Å². The molecule has 0 saturated carbocycles. The lowest BCUT2D eigenvalue weighted by Gasteiger charge is -2.28. The van der Waals surface area contributed by atoms with E-state index >= 15 is 0 Å². The Hall–Kier alpha value is -1.51. The Bertz CT molecular complexity index is 811. The summed E-state index contributed by atoms with van der Waals surface area (Å²) in [6.07, 6.45) is 2.28. The lowest BCUT2D eigenvalue weighted by Crippen LogP contribution is -2.35. The maximum atomic E-state index is 12.5. The molecule has 1 aromatic carbocycles. The lowest BCUT2D eigenvalue weighted by molar-refractivity contribution is 0.257. The standard InChI is InChI=1S/C16H18BrN3O3S/c1-23-16-14-10-20(7-6-15(14)18-11-19-16)8-9-24(21,22)13-4-2-12(17)3-5-13/h2-5,11H,6-10H2,1H3. The molecule has 1 aliphatic heterocycles. The van der Waals surface area contributed by atoms with E-state index in [0.29, 0.717) is 23.9 Å². The average molecular weight is 412 g/mol. The number of hydrogen-bond donors (Lipinski definition) is 0. The minimum atomic E-state index is -3.29. The minimum Gasteiger partial charge on any atom is -0.481 e. The van der Waals surface area contributed by atoms with Crippen LogP contribution in [-0.2, 0) is 22.8 Å². The Balaban J connectivity index is 1.68. The van der Waals surface area contributed by atoms with Crippen molar-refractivity contribution in [1.82, 2.24) is 14.9 Å². The molecule has 3 rings (SSSR count). The predicted molar refractivity (Wildman–Crippen MR) is 93.8 cm³/mol. The van der Waals surface area contributed by atoms with E-state index in [9.17, 15) is 8.42 Å². The van der Waals surface area contributed by atoms with E-state index in [4.69, 9.17) is 4.74 Å². The fraction of sp³-hybridized carbons (Fsp3) is 0.375. The van der Waals surface area contributed by atoms with Crippen LogP contribution in [0.1, 0.15) is 11.3 Å². The topological polar surface area (TPSA) is 72.4 Å². The van der Waals surface area contributed by atoms with Crippen LogP contribution < -0.4 is 4.74 Å². The van der Waals surface area contributed by atoms with Crippen LogP contribution in [0.3, 0.4) is 0 Å². The second-order valence-electron chi connectivity index (χ2n) is 5.61. The summed E-state index contributed by atoms with van der Waals surface area (Å²) >= 11 is 3.32. The molecule has 6 nitrogen and oxygen atoms in total. The van der Waals surface area contributed by atoms with Gasteiger partial charge in [-0.1, -0.05) is 15.9 Å².